The largest absolute Gasteiger partial charge is 0.342 e. The highest BCUT2D eigenvalue weighted by molar-refractivity contribution is 6.30. The molecule has 0 amide bonds. The van der Waals surface area contributed by atoms with Crippen molar-refractivity contribution in [3.05, 3.63) is 16.9 Å². The van der Waals surface area contributed by atoms with Gasteiger partial charge >= 0.3 is 0 Å². The first-order valence-electron chi connectivity index (χ1n) is 6.10. The Kier molecular flexibility index (Phi) is 4.18. The zero-order chi connectivity index (χ0) is 12.3. The Morgan fingerprint density at radius 2 is 2.35 bits per heavy atom. The molecular formula is C12H19ClN4. The lowest BCUT2D eigenvalue weighted by atomic mass is 10.0. The monoisotopic (exact) mass is 254 g/mol. The molecule has 0 radical (unpaired) electrons. The molecule has 1 saturated heterocycles. The van der Waals surface area contributed by atoms with Crippen LogP contribution in [0.2, 0.25) is 5.15 Å². The predicted octanol–water partition coefficient (Wildman–Crippen LogP) is 2.02. The van der Waals surface area contributed by atoms with Gasteiger partial charge in [0.05, 0.1) is 0 Å². The summed E-state index contributed by atoms with van der Waals surface area (Å²) in [7, 11) is 2.01. The number of aromatic nitrogens is 2. The lowest BCUT2D eigenvalue weighted by Crippen LogP contribution is -2.42. The second-order valence-electron chi connectivity index (χ2n) is 4.67. The van der Waals surface area contributed by atoms with Crippen molar-refractivity contribution in [2.24, 2.45) is 0 Å². The molecule has 2 rings (SSSR count). The highest BCUT2D eigenvalue weighted by Gasteiger charge is 2.16. The van der Waals surface area contributed by atoms with E-state index in [1.165, 1.54) is 19.3 Å². The first kappa shape index (κ1) is 12.6. The maximum absolute atomic E-state index is 6.01. The Morgan fingerprint density at radius 3 is 3.00 bits per heavy atom. The van der Waals surface area contributed by atoms with E-state index in [9.17, 15) is 0 Å². The fraction of sp³-hybridized carbons (Fsp3) is 0.667. The summed E-state index contributed by atoms with van der Waals surface area (Å²) >= 11 is 6.01. The van der Waals surface area contributed by atoms with Crippen molar-refractivity contribution in [1.29, 1.82) is 0 Å². The number of nitrogens with zero attached hydrogens (tertiary/aromatic N) is 3. The van der Waals surface area contributed by atoms with Gasteiger partial charge in [0.25, 0.3) is 0 Å². The van der Waals surface area contributed by atoms with E-state index >= 15 is 0 Å². The van der Waals surface area contributed by atoms with Crippen LogP contribution in [0.25, 0.3) is 0 Å². The van der Waals surface area contributed by atoms with Crippen LogP contribution in [-0.4, -0.2) is 36.1 Å². The second kappa shape index (κ2) is 5.65. The van der Waals surface area contributed by atoms with E-state index < -0.39 is 0 Å². The number of likely N-dealkylation sites (N-methyl/N-ethyl adjacent to an activating group) is 1. The van der Waals surface area contributed by atoms with Crippen molar-refractivity contribution in [2.45, 2.75) is 32.2 Å². The van der Waals surface area contributed by atoms with Crippen molar-refractivity contribution in [2.75, 3.05) is 25.0 Å². The Morgan fingerprint density at radius 1 is 1.53 bits per heavy atom. The maximum Gasteiger partial charge on any atom is 0.226 e. The van der Waals surface area contributed by atoms with Crippen molar-refractivity contribution >= 4 is 17.5 Å². The molecule has 0 saturated carbocycles. The van der Waals surface area contributed by atoms with Gasteiger partial charge in [0.2, 0.25) is 5.95 Å². The standard InChI is InChI=1S/C12H19ClN4/c1-9-7-15-12(16-11(9)13)17(2)8-10-5-3-4-6-14-10/h7,10,14H,3-6,8H2,1-2H3. The van der Waals surface area contributed by atoms with Gasteiger partial charge < -0.3 is 10.2 Å². The van der Waals surface area contributed by atoms with Gasteiger partial charge in [-0.05, 0) is 26.3 Å². The van der Waals surface area contributed by atoms with E-state index in [1.54, 1.807) is 6.20 Å². The Bertz CT molecular complexity index is 377. The van der Waals surface area contributed by atoms with Crippen LogP contribution < -0.4 is 10.2 Å². The van der Waals surface area contributed by atoms with E-state index in [-0.39, 0.29) is 0 Å². The first-order chi connectivity index (χ1) is 8.16. The molecule has 5 heteroatoms. The van der Waals surface area contributed by atoms with E-state index in [4.69, 9.17) is 11.6 Å². The molecule has 1 aromatic heterocycles. The predicted molar refractivity (Wildman–Crippen MR) is 70.7 cm³/mol. The van der Waals surface area contributed by atoms with Crippen LogP contribution in [0, 0.1) is 6.92 Å². The summed E-state index contributed by atoms with van der Waals surface area (Å²) in [4.78, 5) is 10.7. The molecular weight excluding hydrogens is 236 g/mol. The van der Waals surface area contributed by atoms with Crippen LogP contribution in [0.3, 0.4) is 0 Å². The molecule has 1 unspecified atom stereocenters. The summed E-state index contributed by atoms with van der Waals surface area (Å²) in [6, 6.07) is 0.539. The Labute approximate surface area is 107 Å². The molecule has 17 heavy (non-hydrogen) atoms. The Balaban J connectivity index is 1.98. The number of rotatable bonds is 3. The van der Waals surface area contributed by atoms with Crippen LogP contribution in [0.5, 0.6) is 0 Å². The van der Waals surface area contributed by atoms with Crippen LogP contribution in [0.4, 0.5) is 5.95 Å². The SMILES string of the molecule is Cc1cnc(N(C)CC2CCCCN2)nc1Cl. The van der Waals surface area contributed by atoms with Gasteiger partial charge in [-0.15, -0.1) is 0 Å². The topological polar surface area (TPSA) is 41.1 Å². The van der Waals surface area contributed by atoms with E-state index in [1.807, 2.05) is 14.0 Å². The molecule has 1 aliphatic heterocycles. The molecule has 1 fully saturated rings. The van der Waals surface area contributed by atoms with Gasteiger partial charge in [-0.1, -0.05) is 18.0 Å². The summed E-state index contributed by atoms with van der Waals surface area (Å²) in [6.45, 7) is 3.96. The zero-order valence-corrected chi connectivity index (χ0v) is 11.2. The van der Waals surface area contributed by atoms with Gasteiger partial charge in [-0.3, -0.25) is 0 Å². The van der Waals surface area contributed by atoms with Crippen LogP contribution in [-0.2, 0) is 0 Å². The molecule has 94 valence electrons. The number of anilines is 1. The van der Waals surface area contributed by atoms with Crippen LogP contribution in [0.1, 0.15) is 24.8 Å². The lowest BCUT2D eigenvalue weighted by molar-refractivity contribution is 0.402. The molecule has 0 aliphatic carbocycles. The average molecular weight is 255 g/mol. The second-order valence-corrected chi connectivity index (χ2v) is 5.03. The third-order valence-corrected chi connectivity index (χ3v) is 3.53. The maximum atomic E-state index is 6.01. The van der Waals surface area contributed by atoms with Gasteiger partial charge in [0, 0.05) is 31.4 Å². The smallest absolute Gasteiger partial charge is 0.226 e. The number of piperidine rings is 1. The van der Waals surface area contributed by atoms with Gasteiger partial charge in [-0.2, -0.15) is 0 Å². The fourth-order valence-electron chi connectivity index (χ4n) is 2.09. The molecule has 0 spiro atoms. The molecule has 1 N–H and O–H groups in total. The summed E-state index contributed by atoms with van der Waals surface area (Å²) in [5, 5.41) is 4.06. The molecule has 1 aliphatic rings. The summed E-state index contributed by atoms with van der Waals surface area (Å²) in [5.41, 5.74) is 0.916. The third-order valence-electron chi connectivity index (χ3n) is 3.15. The van der Waals surface area contributed by atoms with Gasteiger partial charge in [0.15, 0.2) is 0 Å². The van der Waals surface area contributed by atoms with E-state index in [2.05, 4.69) is 20.2 Å². The molecule has 0 bridgehead atoms. The fourth-order valence-corrected chi connectivity index (χ4v) is 2.21. The molecule has 4 nitrogen and oxygen atoms in total. The van der Waals surface area contributed by atoms with Crippen molar-refractivity contribution in [3.8, 4) is 0 Å². The van der Waals surface area contributed by atoms with E-state index in [0.29, 0.717) is 17.1 Å². The van der Waals surface area contributed by atoms with Crippen LogP contribution in [0.15, 0.2) is 6.20 Å². The number of halogens is 1. The zero-order valence-electron chi connectivity index (χ0n) is 10.4. The number of nitrogens with one attached hydrogen (secondary N) is 1. The van der Waals surface area contributed by atoms with Crippen molar-refractivity contribution in [3.63, 3.8) is 0 Å². The minimum Gasteiger partial charge on any atom is -0.342 e. The van der Waals surface area contributed by atoms with Gasteiger partial charge in [-0.25, -0.2) is 9.97 Å². The first-order valence-corrected chi connectivity index (χ1v) is 6.48. The highest BCUT2D eigenvalue weighted by Crippen LogP contribution is 2.16. The lowest BCUT2D eigenvalue weighted by Gasteiger charge is -2.28. The average Bonchev–Trinajstić information content (AvgIpc) is 2.34. The summed E-state index contributed by atoms with van der Waals surface area (Å²) in [6.07, 6.45) is 5.59. The summed E-state index contributed by atoms with van der Waals surface area (Å²) in [5.74, 6) is 0.702. The van der Waals surface area contributed by atoms with Crippen molar-refractivity contribution < 1.29 is 0 Å². The summed E-state index contributed by atoms with van der Waals surface area (Å²) < 4.78 is 0. The third kappa shape index (κ3) is 3.30. The minimum absolute atomic E-state index is 0.539. The number of hydrogen-bond donors (Lipinski definition) is 1. The molecule has 1 aromatic rings. The quantitative estimate of drug-likeness (QED) is 0.838. The Hall–Kier alpha value is -0.870. The highest BCUT2D eigenvalue weighted by atomic mass is 35.5. The molecule has 2 heterocycles. The molecule has 0 aromatic carbocycles. The normalized spacial score (nSPS) is 20.3. The van der Waals surface area contributed by atoms with Gasteiger partial charge in [0.1, 0.15) is 5.15 Å². The molecule has 1 atom stereocenters. The number of hydrogen-bond acceptors (Lipinski definition) is 4. The minimum atomic E-state index is 0.539. The number of aryl methyl sites for hydroxylation is 1. The van der Waals surface area contributed by atoms with Crippen molar-refractivity contribution in [1.82, 2.24) is 15.3 Å². The van der Waals surface area contributed by atoms with Crippen LogP contribution >= 0.6 is 11.6 Å². The van der Waals surface area contributed by atoms with E-state index in [0.717, 1.165) is 18.7 Å².